The number of ether oxygens (including phenoxy) is 1. The van der Waals surface area contributed by atoms with Gasteiger partial charge < -0.3 is 15.6 Å². The van der Waals surface area contributed by atoms with Crippen molar-refractivity contribution < 1.29 is 19.0 Å². The van der Waals surface area contributed by atoms with E-state index in [2.05, 4.69) is 12.6 Å². The van der Waals surface area contributed by atoms with Crippen LogP contribution in [0.15, 0.2) is 18.2 Å². The lowest BCUT2D eigenvalue weighted by molar-refractivity contribution is -0.138. The van der Waals surface area contributed by atoms with Crippen LogP contribution in [-0.4, -0.2) is 24.2 Å². The fraction of sp³-hybridized carbons (Fsp3) is 0.300. The average molecular weight is 245 g/mol. The molecule has 16 heavy (non-hydrogen) atoms. The summed E-state index contributed by atoms with van der Waals surface area (Å²) in [7, 11) is 1.35. The molecule has 0 radical (unpaired) electrons. The lowest BCUT2D eigenvalue weighted by Gasteiger charge is -2.16. The quantitative estimate of drug-likeness (QED) is 0.697. The van der Waals surface area contributed by atoms with Crippen LogP contribution in [0, 0.1) is 5.82 Å². The molecule has 6 heteroatoms. The Labute approximate surface area is 97.6 Å². The number of rotatable bonds is 4. The summed E-state index contributed by atoms with van der Waals surface area (Å²) in [6, 6.07) is 2.92. The van der Waals surface area contributed by atoms with E-state index in [4.69, 9.17) is 15.6 Å². The predicted octanol–water partition coefficient (Wildman–Crippen LogP) is 1.22. The molecule has 0 saturated heterocycles. The monoisotopic (exact) mass is 245 g/mol. The van der Waals surface area contributed by atoms with Crippen molar-refractivity contribution in [1.29, 1.82) is 0 Å². The molecule has 0 bridgehead atoms. The standard InChI is InChI=1S/C10H12FNO3S/c1-15-7-3-2-5(4-6(7)11)9(16)8(12)10(13)14/h2-4,8-9,16H,12H2,1H3,(H,13,14). The van der Waals surface area contributed by atoms with E-state index >= 15 is 0 Å². The van der Waals surface area contributed by atoms with E-state index in [1.807, 2.05) is 0 Å². The fourth-order valence-corrected chi connectivity index (χ4v) is 1.50. The fourth-order valence-electron chi connectivity index (χ4n) is 1.21. The SMILES string of the molecule is COc1ccc(C(S)C(N)C(=O)O)cc1F. The third kappa shape index (κ3) is 2.65. The number of aliphatic carboxylic acids is 1. The van der Waals surface area contributed by atoms with Crippen LogP contribution in [0.2, 0.25) is 0 Å². The second-order valence-electron chi connectivity index (χ2n) is 3.20. The molecule has 1 aromatic carbocycles. The number of nitrogens with two attached hydrogens (primary N) is 1. The zero-order valence-electron chi connectivity index (χ0n) is 8.55. The second-order valence-corrected chi connectivity index (χ2v) is 3.76. The maximum Gasteiger partial charge on any atom is 0.321 e. The summed E-state index contributed by atoms with van der Waals surface area (Å²) in [4.78, 5) is 10.6. The minimum absolute atomic E-state index is 0.0909. The summed E-state index contributed by atoms with van der Waals surface area (Å²) in [5, 5.41) is 7.93. The van der Waals surface area contributed by atoms with E-state index in [1.54, 1.807) is 0 Å². The predicted molar refractivity (Wildman–Crippen MR) is 60.3 cm³/mol. The molecule has 3 N–H and O–H groups in total. The van der Waals surface area contributed by atoms with Gasteiger partial charge in [0, 0.05) is 0 Å². The highest BCUT2D eigenvalue weighted by Gasteiger charge is 2.23. The number of thiol groups is 1. The van der Waals surface area contributed by atoms with Crippen molar-refractivity contribution in [1.82, 2.24) is 0 Å². The molecule has 0 aliphatic carbocycles. The zero-order valence-corrected chi connectivity index (χ0v) is 9.45. The smallest absolute Gasteiger partial charge is 0.321 e. The van der Waals surface area contributed by atoms with Crippen LogP contribution >= 0.6 is 12.6 Å². The van der Waals surface area contributed by atoms with Gasteiger partial charge >= 0.3 is 5.97 Å². The number of carboxylic acids is 1. The van der Waals surface area contributed by atoms with Gasteiger partial charge in [-0.1, -0.05) is 6.07 Å². The molecular formula is C10H12FNO3S. The minimum atomic E-state index is -1.18. The molecule has 4 nitrogen and oxygen atoms in total. The van der Waals surface area contributed by atoms with Crippen LogP contribution in [-0.2, 0) is 4.79 Å². The number of methoxy groups -OCH3 is 1. The summed E-state index contributed by atoms with van der Waals surface area (Å²) in [5.74, 6) is -1.67. The highest BCUT2D eigenvalue weighted by molar-refractivity contribution is 7.80. The first-order chi connectivity index (χ1) is 7.47. The van der Waals surface area contributed by atoms with E-state index in [-0.39, 0.29) is 5.75 Å². The van der Waals surface area contributed by atoms with Crippen molar-refractivity contribution in [2.45, 2.75) is 11.3 Å². The highest BCUT2D eigenvalue weighted by atomic mass is 32.1. The number of hydrogen-bond donors (Lipinski definition) is 3. The Kier molecular flexibility index (Phi) is 4.14. The van der Waals surface area contributed by atoms with Gasteiger partial charge in [-0.25, -0.2) is 4.39 Å². The topological polar surface area (TPSA) is 72.5 Å². The summed E-state index contributed by atoms with van der Waals surface area (Å²) in [6.45, 7) is 0. The normalized spacial score (nSPS) is 14.2. The summed E-state index contributed by atoms with van der Waals surface area (Å²) in [6.07, 6.45) is 0. The van der Waals surface area contributed by atoms with Gasteiger partial charge in [-0.05, 0) is 17.7 Å². The first-order valence-corrected chi connectivity index (χ1v) is 4.99. The first kappa shape index (κ1) is 12.8. The van der Waals surface area contributed by atoms with Crippen LogP contribution in [0.3, 0.4) is 0 Å². The van der Waals surface area contributed by atoms with Crippen LogP contribution in [0.1, 0.15) is 10.8 Å². The molecule has 0 heterocycles. The van der Waals surface area contributed by atoms with E-state index < -0.39 is 23.1 Å². The van der Waals surface area contributed by atoms with Crippen LogP contribution < -0.4 is 10.5 Å². The van der Waals surface area contributed by atoms with Crippen molar-refractivity contribution in [3.05, 3.63) is 29.6 Å². The van der Waals surface area contributed by atoms with Crippen LogP contribution in [0.5, 0.6) is 5.75 Å². The molecule has 0 amide bonds. The van der Waals surface area contributed by atoms with E-state index in [0.717, 1.165) is 0 Å². The maximum absolute atomic E-state index is 13.3. The largest absolute Gasteiger partial charge is 0.494 e. The Balaban J connectivity index is 2.97. The average Bonchev–Trinajstić information content (AvgIpc) is 2.26. The van der Waals surface area contributed by atoms with Gasteiger partial charge in [0.05, 0.1) is 12.4 Å². The van der Waals surface area contributed by atoms with Gasteiger partial charge in [0.25, 0.3) is 0 Å². The Morgan fingerprint density at radius 1 is 1.62 bits per heavy atom. The van der Waals surface area contributed by atoms with Gasteiger partial charge in [0.2, 0.25) is 0 Å². The molecule has 0 aromatic heterocycles. The summed E-state index contributed by atoms with van der Waals surface area (Å²) in [5.41, 5.74) is 5.78. The molecule has 1 rings (SSSR count). The molecule has 0 spiro atoms. The Morgan fingerprint density at radius 2 is 2.25 bits per heavy atom. The zero-order chi connectivity index (χ0) is 12.3. The van der Waals surface area contributed by atoms with Gasteiger partial charge in [0.15, 0.2) is 11.6 Å². The number of carboxylic acid groups (broad SMARTS) is 1. The third-order valence-electron chi connectivity index (χ3n) is 2.14. The number of halogens is 1. The van der Waals surface area contributed by atoms with Crippen molar-refractivity contribution in [2.75, 3.05) is 7.11 Å². The van der Waals surface area contributed by atoms with Crippen molar-refractivity contribution >= 4 is 18.6 Å². The molecule has 2 atom stereocenters. The molecular weight excluding hydrogens is 233 g/mol. The van der Waals surface area contributed by atoms with E-state index in [1.165, 1.54) is 25.3 Å². The molecule has 0 aliphatic rings. The lowest BCUT2D eigenvalue weighted by Crippen LogP contribution is -2.34. The maximum atomic E-state index is 13.3. The van der Waals surface area contributed by atoms with Gasteiger partial charge in [-0.2, -0.15) is 12.6 Å². The second kappa shape index (κ2) is 5.18. The molecule has 2 unspecified atom stereocenters. The Bertz CT molecular complexity index is 400. The highest BCUT2D eigenvalue weighted by Crippen LogP contribution is 2.27. The molecule has 0 aliphatic heterocycles. The summed E-state index contributed by atoms with van der Waals surface area (Å²) >= 11 is 4.05. The number of carbonyl (C=O) groups is 1. The van der Waals surface area contributed by atoms with E-state index in [9.17, 15) is 9.18 Å². The van der Waals surface area contributed by atoms with Gasteiger partial charge in [0.1, 0.15) is 6.04 Å². The van der Waals surface area contributed by atoms with Crippen LogP contribution in [0.4, 0.5) is 4.39 Å². The van der Waals surface area contributed by atoms with Crippen molar-refractivity contribution in [3.8, 4) is 5.75 Å². The lowest BCUT2D eigenvalue weighted by atomic mass is 10.1. The minimum Gasteiger partial charge on any atom is -0.494 e. The van der Waals surface area contributed by atoms with Crippen molar-refractivity contribution in [2.24, 2.45) is 5.73 Å². The molecule has 0 fully saturated rings. The Hall–Kier alpha value is -1.27. The third-order valence-corrected chi connectivity index (χ3v) is 2.76. The molecule has 88 valence electrons. The van der Waals surface area contributed by atoms with Crippen molar-refractivity contribution in [3.63, 3.8) is 0 Å². The molecule has 1 aromatic rings. The van der Waals surface area contributed by atoms with Gasteiger partial charge in [-0.3, -0.25) is 4.79 Å². The number of hydrogen-bond acceptors (Lipinski definition) is 4. The number of benzene rings is 1. The Morgan fingerprint density at radius 3 is 2.69 bits per heavy atom. The summed E-state index contributed by atoms with van der Waals surface area (Å²) < 4.78 is 18.1. The van der Waals surface area contributed by atoms with E-state index in [0.29, 0.717) is 5.56 Å². The first-order valence-electron chi connectivity index (χ1n) is 4.47. The van der Waals surface area contributed by atoms with Crippen LogP contribution in [0.25, 0.3) is 0 Å². The molecule has 0 saturated carbocycles. The van der Waals surface area contributed by atoms with Gasteiger partial charge in [-0.15, -0.1) is 0 Å².